The van der Waals surface area contributed by atoms with Gasteiger partial charge in [-0.2, -0.15) is 0 Å². The maximum absolute atomic E-state index is 11.6. The minimum Gasteiger partial charge on any atom is -0.462 e. The van der Waals surface area contributed by atoms with Crippen molar-refractivity contribution in [2.45, 2.75) is 19.4 Å². The predicted molar refractivity (Wildman–Crippen MR) is 63.0 cm³/mol. The molecule has 1 saturated heterocycles. The summed E-state index contributed by atoms with van der Waals surface area (Å²) in [5, 5.41) is 0.506. The summed E-state index contributed by atoms with van der Waals surface area (Å²) in [6.45, 7) is 2.51. The van der Waals surface area contributed by atoms with Crippen LogP contribution in [0.15, 0.2) is 6.20 Å². The number of ether oxygens (including phenoxy) is 1. The van der Waals surface area contributed by atoms with Gasteiger partial charge < -0.3 is 10.5 Å². The normalized spacial score (nSPS) is 19.8. The summed E-state index contributed by atoms with van der Waals surface area (Å²) < 4.78 is 4.86. The number of hydrogen-bond donors (Lipinski definition) is 1. The van der Waals surface area contributed by atoms with E-state index in [1.54, 1.807) is 6.92 Å². The molecule has 2 N–H and O–H groups in total. The van der Waals surface area contributed by atoms with E-state index < -0.39 is 5.97 Å². The van der Waals surface area contributed by atoms with Gasteiger partial charge in [-0.3, -0.25) is 9.69 Å². The van der Waals surface area contributed by atoms with Gasteiger partial charge in [-0.1, -0.05) is 11.3 Å². The van der Waals surface area contributed by atoms with Gasteiger partial charge in [0, 0.05) is 19.0 Å². The fourth-order valence-electron chi connectivity index (χ4n) is 1.61. The number of hydrogen-bond acceptors (Lipinski definition) is 6. The summed E-state index contributed by atoms with van der Waals surface area (Å²) in [7, 11) is 0. The van der Waals surface area contributed by atoms with Crippen molar-refractivity contribution in [1.29, 1.82) is 0 Å². The fraction of sp³-hybridized carbons (Fsp3) is 0.500. The number of aromatic nitrogens is 1. The van der Waals surface area contributed by atoms with Gasteiger partial charge >= 0.3 is 5.97 Å². The highest BCUT2D eigenvalue weighted by molar-refractivity contribution is 7.17. The summed E-state index contributed by atoms with van der Waals surface area (Å²) in [5.41, 5.74) is 5.69. The number of amides is 1. The van der Waals surface area contributed by atoms with Crippen molar-refractivity contribution in [2.24, 2.45) is 5.73 Å². The lowest BCUT2D eigenvalue weighted by molar-refractivity contribution is -0.117. The van der Waals surface area contributed by atoms with Gasteiger partial charge in [-0.15, -0.1) is 0 Å². The second-order valence-electron chi connectivity index (χ2n) is 3.70. The molecule has 0 spiro atoms. The minimum absolute atomic E-state index is 0.0535. The molecular weight excluding hydrogens is 242 g/mol. The average molecular weight is 255 g/mol. The Bertz CT molecular complexity index is 446. The number of esters is 1. The van der Waals surface area contributed by atoms with Gasteiger partial charge in [-0.05, 0) is 6.92 Å². The summed E-state index contributed by atoms with van der Waals surface area (Å²) in [5.74, 6) is -0.463. The number of carbonyl (C=O) groups is 2. The molecule has 0 bridgehead atoms. The van der Waals surface area contributed by atoms with Gasteiger partial charge in [0.25, 0.3) is 0 Å². The largest absolute Gasteiger partial charge is 0.462 e. The molecule has 17 heavy (non-hydrogen) atoms. The number of nitrogens with two attached hydrogens (primary N) is 1. The van der Waals surface area contributed by atoms with Crippen LogP contribution in [0.1, 0.15) is 23.0 Å². The second kappa shape index (κ2) is 4.80. The van der Waals surface area contributed by atoms with Crippen molar-refractivity contribution in [3.63, 3.8) is 0 Å². The van der Waals surface area contributed by atoms with E-state index in [1.165, 1.54) is 11.1 Å². The van der Waals surface area contributed by atoms with Gasteiger partial charge in [0.2, 0.25) is 5.91 Å². The molecule has 92 valence electrons. The zero-order chi connectivity index (χ0) is 12.4. The topological polar surface area (TPSA) is 85.5 Å². The molecule has 2 rings (SSSR count). The lowest BCUT2D eigenvalue weighted by Crippen LogP contribution is -2.27. The van der Waals surface area contributed by atoms with Crippen LogP contribution in [0.25, 0.3) is 0 Å². The van der Waals surface area contributed by atoms with Gasteiger partial charge in [0.1, 0.15) is 4.88 Å². The molecule has 1 atom stereocenters. The Labute approximate surface area is 102 Å². The molecule has 1 aliphatic rings. The maximum Gasteiger partial charge on any atom is 0.350 e. The van der Waals surface area contributed by atoms with Crippen molar-refractivity contribution >= 4 is 28.3 Å². The van der Waals surface area contributed by atoms with Crippen LogP contribution in [0.2, 0.25) is 0 Å². The molecule has 1 aromatic rings. The number of anilines is 1. The highest BCUT2D eigenvalue weighted by atomic mass is 32.1. The van der Waals surface area contributed by atoms with Crippen LogP contribution < -0.4 is 10.6 Å². The number of thiazole rings is 1. The highest BCUT2D eigenvalue weighted by Gasteiger charge is 2.30. The van der Waals surface area contributed by atoms with E-state index in [-0.39, 0.29) is 11.9 Å². The third kappa shape index (κ3) is 2.45. The summed E-state index contributed by atoms with van der Waals surface area (Å²) in [6, 6.07) is -0.155. The van der Waals surface area contributed by atoms with E-state index >= 15 is 0 Å². The first-order valence-electron chi connectivity index (χ1n) is 5.30. The van der Waals surface area contributed by atoms with E-state index in [1.807, 2.05) is 0 Å². The van der Waals surface area contributed by atoms with Crippen LogP contribution in [-0.2, 0) is 9.53 Å². The van der Waals surface area contributed by atoms with Crippen LogP contribution in [0.5, 0.6) is 0 Å². The first kappa shape index (κ1) is 12.0. The third-order valence-electron chi connectivity index (χ3n) is 2.36. The Morgan fingerprint density at radius 1 is 1.76 bits per heavy atom. The average Bonchev–Trinajstić information content (AvgIpc) is 2.85. The summed E-state index contributed by atoms with van der Waals surface area (Å²) in [6.07, 6.45) is 1.75. The quantitative estimate of drug-likeness (QED) is 0.789. The van der Waals surface area contributed by atoms with Gasteiger partial charge in [0.15, 0.2) is 5.13 Å². The van der Waals surface area contributed by atoms with Crippen molar-refractivity contribution < 1.29 is 14.3 Å². The first-order valence-corrected chi connectivity index (χ1v) is 6.12. The summed E-state index contributed by atoms with van der Waals surface area (Å²) in [4.78, 5) is 29.0. The molecule has 1 unspecified atom stereocenters. The first-order chi connectivity index (χ1) is 8.11. The molecule has 1 aliphatic heterocycles. The van der Waals surface area contributed by atoms with Gasteiger partial charge in [0.05, 0.1) is 12.8 Å². The predicted octanol–water partition coefficient (Wildman–Crippen LogP) is 0.384. The van der Waals surface area contributed by atoms with E-state index in [2.05, 4.69) is 4.98 Å². The molecule has 7 heteroatoms. The molecule has 0 saturated carbocycles. The fourth-order valence-corrected chi connectivity index (χ4v) is 2.44. The molecule has 1 amide bonds. The second-order valence-corrected chi connectivity index (χ2v) is 4.71. The molecular formula is C10H13N3O3S. The zero-order valence-electron chi connectivity index (χ0n) is 9.38. The zero-order valence-corrected chi connectivity index (χ0v) is 10.2. The number of nitrogens with zero attached hydrogens (tertiary/aromatic N) is 2. The van der Waals surface area contributed by atoms with E-state index in [9.17, 15) is 9.59 Å². The molecule has 1 aromatic heterocycles. The third-order valence-corrected chi connectivity index (χ3v) is 3.36. The van der Waals surface area contributed by atoms with Crippen LogP contribution in [0.4, 0.5) is 5.13 Å². The lowest BCUT2D eigenvalue weighted by Gasteiger charge is -2.10. The molecule has 6 nitrogen and oxygen atoms in total. The Morgan fingerprint density at radius 2 is 2.53 bits per heavy atom. The number of rotatable bonds is 3. The van der Waals surface area contributed by atoms with Crippen LogP contribution in [0, 0.1) is 0 Å². The van der Waals surface area contributed by atoms with Crippen molar-refractivity contribution in [2.75, 3.05) is 18.1 Å². The monoisotopic (exact) mass is 255 g/mol. The lowest BCUT2D eigenvalue weighted by atomic mass is 10.3. The van der Waals surface area contributed by atoms with Crippen LogP contribution in [-0.4, -0.2) is 36.1 Å². The Hall–Kier alpha value is -1.47. The highest BCUT2D eigenvalue weighted by Crippen LogP contribution is 2.26. The van der Waals surface area contributed by atoms with Crippen molar-refractivity contribution in [1.82, 2.24) is 4.98 Å². The SMILES string of the molecule is CCOC(=O)c1cnc(N2CC(N)CC2=O)s1. The maximum atomic E-state index is 11.6. The van der Waals surface area contributed by atoms with Crippen molar-refractivity contribution in [3.8, 4) is 0 Å². The van der Waals surface area contributed by atoms with Crippen molar-refractivity contribution in [3.05, 3.63) is 11.1 Å². The Balaban J connectivity index is 2.13. The standard InChI is InChI=1S/C10H13N3O3S/c1-2-16-9(15)7-4-12-10(17-7)13-5-6(11)3-8(13)14/h4,6H,2-3,5,11H2,1H3. The molecule has 0 radical (unpaired) electrons. The molecule has 2 heterocycles. The van der Waals surface area contributed by atoms with E-state index in [0.717, 1.165) is 11.3 Å². The Kier molecular flexibility index (Phi) is 3.39. The van der Waals surface area contributed by atoms with E-state index in [0.29, 0.717) is 29.6 Å². The smallest absolute Gasteiger partial charge is 0.350 e. The van der Waals surface area contributed by atoms with Crippen LogP contribution >= 0.6 is 11.3 Å². The summed E-state index contributed by atoms with van der Waals surface area (Å²) >= 11 is 1.15. The van der Waals surface area contributed by atoms with Gasteiger partial charge in [-0.25, -0.2) is 9.78 Å². The minimum atomic E-state index is -0.410. The van der Waals surface area contributed by atoms with E-state index in [4.69, 9.17) is 10.5 Å². The molecule has 1 fully saturated rings. The molecule has 0 aliphatic carbocycles. The van der Waals surface area contributed by atoms with Crippen LogP contribution in [0.3, 0.4) is 0 Å². The Morgan fingerprint density at radius 3 is 3.12 bits per heavy atom. The number of carbonyl (C=O) groups excluding carboxylic acids is 2. The molecule has 0 aromatic carbocycles.